The minimum absolute atomic E-state index is 0.000812. The van der Waals surface area contributed by atoms with Crippen LogP contribution in [-0.2, 0) is 20.9 Å². The van der Waals surface area contributed by atoms with Gasteiger partial charge < -0.3 is 9.64 Å². The Balaban J connectivity index is 1.70. The fourth-order valence-electron chi connectivity index (χ4n) is 3.59. The summed E-state index contributed by atoms with van der Waals surface area (Å²) in [5.41, 5.74) is 1.04. The lowest BCUT2D eigenvalue weighted by atomic mass is 9.85. The molecule has 0 aliphatic carbocycles. The molecule has 0 aromatic heterocycles. The molecule has 3 rings (SSSR count). The summed E-state index contributed by atoms with van der Waals surface area (Å²) < 4.78 is 5.44. The van der Waals surface area contributed by atoms with Gasteiger partial charge in [0.25, 0.3) is 5.69 Å². The van der Waals surface area contributed by atoms with E-state index >= 15 is 0 Å². The van der Waals surface area contributed by atoms with Crippen molar-refractivity contribution in [2.24, 2.45) is 5.92 Å². The summed E-state index contributed by atoms with van der Waals surface area (Å²) in [4.78, 5) is 38.0. The highest BCUT2D eigenvalue weighted by Gasteiger charge is 2.54. The number of nitro benzene ring substituents is 1. The monoisotopic (exact) mass is 404 g/mol. The number of esters is 1. The third-order valence-electron chi connectivity index (χ3n) is 5.17. The molecule has 2 atom stereocenters. The molecule has 1 aromatic rings. The van der Waals surface area contributed by atoms with Gasteiger partial charge in [-0.25, -0.2) is 4.79 Å². The molecule has 0 radical (unpaired) electrons. The van der Waals surface area contributed by atoms with Crippen molar-refractivity contribution in [2.75, 3.05) is 5.75 Å². The number of carbonyl (C=O) groups is 2. The predicted molar refractivity (Wildman–Crippen MR) is 106 cm³/mol. The van der Waals surface area contributed by atoms with Crippen molar-refractivity contribution in [3.8, 4) is 0 Å². The largest absolute Gasteiger partial charge is 0.456 e. The fourth-order valence-corrected chi connectivity index (χ4v) is 4.88. The highest BCUT2D eigenvalue weighted by molar-refractivity contribution is 8.03. The number of unbranched alkanes of at least 4 members (excludes halogenated alkanes) is 1. The van der Waals surface area contributed by atoms with Gasteiger partial charge in [0.15, 0.2) is 0 Å². The van der Waals surface area contributed by atoms with Gasteiger partial charge in [-0.1, -0.05) is 20.3 Å². The highest BCUT2D eigenvalue weighted by atomic mass is 32.2. The Hall–Kier alpha value is -2.35. The number of non-ortho nitro benzene ring substituents is 1. The summed E-state index contributed by atoms with van der Waals surface area (Å²) in [6, 6.07) is 5.96. The van der Waals surface area contributed by atoms with Crippen molar-refractivity contribution >= 4 is 29.3 Å². The van der Waals surface area contributed by atoms with Crippen LogP contribution in [0.25, 0.3) is 0 Å². The van der Waals surface area contributed by atoms with Gasteiger partial charge in [0.1, 0.15) is 12.3 Å². The molecule has 2 aliphatic heterocycles. The molecule has 28 heavy (non-hydrogen) atoms. The highest BCUT2D eigenvalue weighted by Crippen LogP contribution is 2.47. The van der Waals surface area contributed by atoms with Gasteiger partial charge in [-0.15, -0.1) is 11.8 Å². The van der Waals surface area contributed by atoms with Crippen molar-refractivity contribution in [1.29, 1.82) is 0 Å². The number of amides is 1. The van der Waals surface area contributed by atoms with Gasteiger partial charge in [-0.2, -0.15) is 0 Å². The zero-order valence-electron chi connectivity index (χ0n) is 16.1. The third kappa shape index (κ3) is 3.92. The predicted octanol–water partition coefficient (Wildman–Crippen LogP) is 4.02. The number of ether oxygens (including phenoxy) is 1. The summed E-state index contributed by atoms with van der Waals surface area (Å²) in [5.74, 6) is 0.404. The summed E-state index contributed by atoms with van der Waals surface area (Å²) in [7, 11) is 0. The second-order valence-electron chi connectivity index (χ2n) is 6.97. The van der Waals surface area contributed by atoms with Crippen molar-refractivity contribution in [3.05, 3.63) is 50.5 Å². The number of nitro groups is 1. The van der Waals surface area contributed by atoms with E-state index < -0.39 is 10.9 Å². The molecule has 150 valence electrons. The van der Waals surface area contributed by atoms with Crippen molar-refractivity contribution in [1.82, 2.24) is 4.90 Å². The van der Waals surface area contributed by atoms with Crippen LogP contribution in [0.3, 0.4) is 0 Å². The van der Waals surface area contributed by atoms with Gasteiger partial charge >= 0.3 is 5.97 Å². The average molecular weight is 404 g/mol. The first-order valence-electron chi connectivity index (χ1n) is 9.57. The fraction of sp³-hybridized carbons (Fsp3) is 0.500. The van der Waals surface area contributed by atoms with Crippen LogP contribution in [-0.4, -0.2) is 33.5 Å². The molecule has 1 saturated heterocycles. The Kier molecular flexibility index (Phi) is 6.39. The van der Waals surface area contributed by atoms with E-state index in [4.69, 9.17) is 4.74 Å². The SMILES string of the molecule is CCCCSC1=C(C(=O)OCc2ccc([N+](=O)[O-])cc2)N2C(=O)C(CC)C2C1. The van der Waals surface area contributed by atoms with Crippen molar-refractivity contribution in [2.45, 2.75) is 52.2 Å². The number of β-lactam (4-membered cyclic amide) rings is 1. The molecule has 1 amide bonds. The number of hydrogen-bond acceptors (Lipinski definition) is 6. The number of carbonyl (C=O) groups excluding carboxylic acids is 2. The quantitative estimate of drug-likeness (QED) is 0.203. The van der Waals surface area contributed by atoms with Crippen LogP contribution >= 0.6 is 11.8 Å². The van der Waals surface area contributed by atoms with Crippen LogP contribution in [0.4, 0.5) is 5.69 Å². The summed E-state index contributed by atoms with van der Waals surface area (Å²) in [5, 5.41) is 10.7. The smallest absolute Gasteiger partial charge is 0.356 e. The van der Waals surface area contributed by atoms with Crippen LogP contribution in [0.1, 0.15) is 45.1 Å². The third-order valence-corrected chi connectivity index (χ3v) is 6.38. The molecule has 7 nitrogen and oxygen atoms in total. The number of nitrogens with zero attached hydrogens (tertiary/aromatic N) is 2. The molecule has 0 N–H and O–H groups in total. The van der Waals surface area contributed by atoms with Gasteiger partial charge in [0.2, 0.25) is 5.91 Å². The molecule has 0 spiro atoms. The minimum Gasteiger partial charge on any atom is -0.456 e. The van der Waals surface area contributed by atoms with E-state index in [1.807, 2.05) is 6.92 Å². The Morgan fingerprint density at radius 1 is 1.32 bits per heavy atom. The van der Waals surface area contributed by atoms with E-state index in [1.54, 1.807) is 28.8 Å². The van der Waals surface area contributed by atoms with Gasteiger partial charge in [-0.05, 0) is 36.3 Å². The van der Waals surface area contributed by atoms with Gasteiger partial charge in [0, 0.05) is 23.5 Å². The molecule has 2 unspecified atom stereocenters. The van der Waals surface area contributed by atoms with Crippen LogP contribution < -0.4 is 0 Å². The number of benzene rings is 1. The maximum Gasteiger partial charge on any atom is 0.356 e. The van der Waals surface area contributed by atoms with Crippen molar-refractivity contribution in [3.63, 3.8) is 0 Å². The first kappa shape index (κ1) is 20.4. The normalized spacial score (nSPS) is 20.8. The first-order valence-corrected chi connectivity index (χ1v) is 10.6. The van der Waals surface area contributed by atoms with E-state index in [0.717, 1.165) is 36.3 Å². The maximum atomic E-state index is 12.8. The molecule has 1 aromatic carbocycles. The second-order valence-corrected chi connectivity index (χ2v) is 8.16. The van der Waals surface area contributed by atoms with E-state index in [0.29, 0.717) is 11.3 Å². The topological polar surface area (TPSA) is 89.8 Å². The Bertz CT molecular complexity index is 805. The lowest BCUT2D eigenvalue weighted by molar-refractivity contribution is -0.384. The van der Waals surface area contributed by atoms with Crippen molar-refractivity contribution < 1.29 is 19.2 Å². The Morgan fingerprint density at radius 2 is 2.04 bits per heavy atom. The molecular weight excluding hydrogens is 380 g/mol. The van der Waals surface area contributed by atoms with E-state index in [1.165, 1.54) is 12.1 Å². The molecular formula is C20H24N2O5S. The van der Waals surface area contributed by atoms with E-state index in [9.17, 15) is 19.7 Å². The maximum absolute atomic E-state index is 12.8. The summed E-state index contributed by atoms with van der Waals surface area (Å²) in [6.45, 7) is 4.12. The zero-order valence-corrected chi connectivity index (χ0v) is 16.9. The number of fused-ring (bicyclic) bond motifs is 1. The van der Waals surface area contributed by atoms with Crippen LogP contribution in [0.2, 0.25) is 0 Å². The minimum atomic E-state index is -0.497. The van der Waals surface area contributed by atoms with E-state index in [-0.39, 0.29) is 30.2 Å². The van der Waals surface area contributed by atoms with Crippen LogP contribution in [0.15, 0.2) is 34.9 Å². The molecule has 1 fully saturated rings. The lowest BCUT2D eigenvalue weighted by Crippen LogP contribution is -2.58. The average Bonchev–Trinajstić information content (AvgIpc) is 3.02. The van der Waals surface area contributed by atoms with Gasteiger partial charge in [0.05, 0.1) is 16.9 Å². The standard InChI is InChI=1S/C20H24N2O5S/c1-3-5-10-28-17-11-16-15(4-2)19(23)21(16)18(17)20(24)27-12-13-6-8-14(9-7-13)22(25)26/h6-9,15-16H,3-5,10-12H2,1-2H3. The van der Waals surface area contributed by atoms with E-state index in [2.05, 4.69) is 6.92 Å². The summed E-state index contributed by atoms with van der Waals surface area (Å²) >= 11 is 1.64. The second kappa shape index (κ2) is 8.77. The zero-order chi connectivity index (χ0) is 20.3. The number of thioether (sulfide) groups is 1. The van der Waals surface area contributed by atoms with Crippen LogP contribution in [0, 0.1) is 16.0 Å². The molecule has 2 heterocycles. The molecule has 2 aliphatic rings. The molecule has 0 bridgehead atoms. The number of rotatable bonds is 9. The van der Waals surface area contributed by atoms with Crippen LogP contribution in [0.5, 0.6) is 0 Å². The molecule has 0 saturated carbocycles. The Labute approximate surface area is 168 Å². The molecule has 8 heteroatoms. The summed E-state index contributed by atoms with van der Waals surface area (Å²) in [6.07, 6.45) is 3.62. The number of hydrogen-bond donors (Lipinski definition) is 0. The van der Waals surface area contributed by atoms with Gasteiger partial charge in [-0.3, -0.25) is 14.9 Å². The first-order chi connectivity index (χ1) is 13.5. The lowest BCUT2D eigenvalue weighted by Gasteiger charge is -2.43. The Morgan fingerprint density at radius 3 is 2.64 bits per heavy atom.